The molecule has 1 aromatic heterocycles. The first kappa shape index (κ1) is 28.6. The Morgan fingerprint density at radius 1 is 1.10 bits per heavy atom. The maximum atomic E-state index is 13.7. The number of nitrogens with zero attached hydrogens (tertiary/aromatic N) is 2. The molecule has 41 heavy (non-hydrogen) atoms. The van der Waals surface area contributed by atoms with Crippen molar-refractivity contribution in [2.75, 3.05) is 25.2 Å². The molecule has 8 heteroatoms. The van der Waals surface area contributed by atoms with E-state index in [1.54, 1.807) is 24.3 Å². The monoisotopic (exact) mass is 558 g/mol. The van der Waals surface area contributed by atoms with Gasteiger partial charge in [-0.1, -0.05) is 0 Å². The largest absolute Gasteiger partial charge is 0.493 e. The van der Waals surface area contributed by atoms with Gasteiger partial charge in [0.15, 0.2) is 17.6 Å². The number of carboxylic acid groups (broad SMARTS) is 1. The van der Waals surface area contributed by atoms with E-state index in [9.17, 15) is 14.7 Å². The summed E-state index contributed by atoms with van der Waals surface area (Å²) in [6, 6.07) is 7.50. The van der Waals surface area contributed by atoms with Crippen LogP contribution in [-0.2, 0) is 22.4 Å². The Morgan fingerprint density at radius 2 is 1.85 bits per heavy atom. The first-order chi connectivity index (χ1) is 19.4. The predicted octanol–water partition coefficient (Wildman–Crippen LogP) is 6.15. The number of fused-ring (bicyclic) bond motifs is 2. The fraction of sp³-hybridized carbons (Fsp3) is 0.424. The number of aryl methyl sites for hydroxylation is 2. The molecule has 0 radical (unpaired) electrons. The molecule has 0 spiro atoms. The number of carboxylic acids is 1. The van der Waals surface area contributed by atoms with Gasteiger partial charge in [-0.05, 0) is 113 Å². The van der Waals surface area contributed by atoms with Crippen molar-refractivity contribution in [3.8, 4) is 22.6 Å². The number of carbonyl (C=O) groups excluding carboxylic acids is 1. The second-order valence-electron chi connectivity index (χ2n) is 11.8. The quantitative estimate of drug-likeness (QED) is 0.387. The second kappa shape index (κ2) is 10.8. The zero-order valence-electron chi connectivity index (χ0n) is 24.9. The number of aliphatic carboxylic acids is 1. The summed E-state index contributed by atoms with van der Waals surface area (Å²) in [6.45, 7) is 12.5. The Kier molecular flexibility index (Phi) is 7.55. The lowest BCUT2D eigenvalue weighted by atomic mass is 9.83. The van der Waals surface area contributed by atoms with E-state index >= 15 is 0 Å². The van der Waals surface area contributed by atoms with Crippen LogP contribution < -0.4 is 14.4 Å². The van der Waals surface area contributed by atoms with Crippen molar-refractivity contribution < 1.29 is 28.9 Å². The summed E-state index contributed by atoms with van der Waals surface area (Å²) in [5, 5.41) is 10.5. The van der Waals surface area contributed by atoms with Crippen molar-refractivity contribution in [2.24, 2.45) is 0 Å². The molecule has 1 N–H and O–H groups in total. The Morgan fingerprint density at radius 3 is 2.49 bits per heavy atom. The molecule has 1 amide bonds. The molecule has 3 heterocycles. The van der Waals surface area contributed by atoms with Gasteiger partial charge in [-0.3, -0.25) is 9.78 Å². The molecular weight excluding hydrogens is 520 g/mol. The highest BCUT2D eigenvalue weighted by atomic mass is 16.5. The molecule has 3 aromatic rings. The Hall–Kier alpha value is -3.91. The van der Waals surface area contributed by atoms with Crippen LogP contribution in [-0.4, -0.2) is 47.8 Å². The molecular formula is C33H38N2O6. The number of pyridine rings is 1. The average molecular weight is 559 g/mol. The summed E-state index contributed by atoms with van der Waals surface area (Å²) < 4.78 is 18.0. The highest BCUT2D eigenvalue weighted by Gasteiger charge is 2.37. The number of rotatable bonds is 6. The number of hydrogen-bond acceptors (Lipinski definition) is 6. The van der Waals surface area contributed by atoms with Gasteiger partial charge in [-0.25, -0.2) is 4.79 Å². The van der Waals surface area contributed by atoms with Gasteiger partial charge in [0.2, 0.25) is 0 Å². The number of ether oxygens (including phenoxy) is 3. The van der Waals surface area contributed by atoms with Crippen LogP contribution in [0.25, 0.3) is 11.1 Å². The molecule has 0 saturated heterocycles. The van der Waals surface area contributed by atoms with Crippen molar-refractivity contribution in [1.29, 1.82) is 0 Å². The van der Waals surface area contributed by atoms with Gasteiger partial charge in [-0.15, -0.1) is 0 Å². The molecule has 216 valence electrons. The topological polar surface area (TPSA) is 98.2 Å². The third-order valence-corrected chi connectivity index (χ3v) is 7.83. The lowest BCUT2D eigenvalue weighted by Gasteiger charge is -2.31. The molecule has 0 aliphatic carbocycles. The molecule has 1 atom stereocenters. The Bertz CT molecular complexity index is 1520. The van der Waals surface area contributed by atoms with E-state index in [1.807, 2.05) is 52.8 Å². The van der Waals surface area contributed by atoms with E-state index in [-0.39, 0.29) is 5.91 Å². The lowest BCUT2D eigenvalue weighted by Crippen LogP contribution is -2.30. The minimum absolute atomic E-state index is 0.136. The van der Waals surface area contributed by atoms with Crippen molar-refractivity contribution in [3.05, 3.63) is 69.5 Å². The summed E-state index contributed by atoms with van der Waals surface area (Å²) in [6.07, 6.45) is 2.69. The summed E-state index contributed by atoms with van der Waals surface area (Å²) in [5.41, 5.74) is 7.42. The molecule has 8 nitrogen and oxygen atoms in total. The number of methoxy groups -OCH3 is 1. The molecule has 2 aromatic carbocycles. The van der Waals surface area contributed by atoms with Gasteiger partial charge in [0, 0.05) is 35.2 Å². The molecule has 0 saturated carbocycles. The van der Waals surface area contributed by atoms with Crippen LogP contribution in [0.15, 0.2) is 30.5 Å². The molecule has 0 fully saturated rings. The summed E-state index contributed by atoms with van der Waals surface area (Å²) in [5.74, 6) is 0.159. The number of benzene rings is 2. The summed E-state index contributed by atoms with van der Waals surface area (Å²) >= 11 is 0. The number of amides is 1. The van der Waals surface area contributed by atoms with Crippen LogP contribution in [0.5, 0.6) is 11.5 Å². The van der Waals surface area contributed by atoms with Crippen LogP contribution in [0.4, 0.5) is 5.69 Å². The molecule has 2 aliphatic heterocycles. The number of anilines is 1. The first-order valence-electron chi connectivity index (χ1n) is 14.1. The van der Waals surface area contributed by atoms with Gasteiger partial charge in [0.05, 0.1) is 24.9 Å². The lowest BCUT2D eigenvalue weighted by molar-refractivity contribution is -0.160. The van der Waals surface area contributed by atoms with E-state index in [1.165, 1.54) is 0 Å². The van der Waals surface area contributed by atoms with Crippen molar-refractivity contribution in [1.82, 2.24) is 4.98 Å². The fourth-order valence-corrected chi connectivity index (χ4v) is 5.97. The maximum Gasteiger partial charge on any atom is 0.337 e. The van der Waals surface area contributed by atoms with Gasteiger partial charge < -0.3 is 24.2 Å². The van der Waals surface area contributed by atoms with Gasteiger partial charge >= 0.3 is 5.97 Å². The average Bonchev–Trinajstić information content (AvgIpc) is 3.34. The normalized spacial score (nSPS) is 15.1. The van der Waals surface area contributed by atoms with E-state index in [0.29, 0.717) is 36.4 Å². The highest BCUT2D eigenvalue weighted by molar-refractivity contribution is 6.08. The third-order valence-electron chi connectivity index (χ3n) is 7.83. The minimum atomic E-state index is -1.21. The SMILES string of the molecule is COc1cc(-c2c3c(cc(C)c2C(OC(C)(C)C)C(=O)O)N(C(=O)c2ccc(C)nc2)CC3)c(C)c2c1OCCC2. The molecule has 0 bridgehead atoms. The van der Waals surface area contributed by atoms with Gasteiger partial charge in [0.25, 0.3) is 5.91 Å². The van der Waals surface area contributed by atoms with E-state index < -0.39 is 17.7 Å². The first-order valence-corrected chi connectivity index (χ1v) is 14.1. The second-order valence-corrected chi connectivity index (χ2v) is 11.8. The van der Waals surface area contributed by atoms with Gasteiger partial charge in [-0.2, -0.15) is 0 Å². The third kappa shape index (κ3) is 5.28. The standard InChI is InChI=1S/C33H38N2O6/c1-18-15-25-23(12-13-35(25)31(36)21-11-10-19(2)34-17-21)28(27(18)30(32(37)38)41-33(4,5)6)24-16-26(39-7)29-22(20(24)3)9-8-14-40-29/h10-11,15-17,30H,8-9,12-14H2,1-7H3,(H,37,38). The molecule has 2 aliphatic rings. The Balaban J connectivity index is 1.78. The molecule has 5 rings (SSSR count). The van der Waals surface area contributed by atoms with Gasteiger partial charge in [0.1, 0.15) is 0 Å². The molecule has 1 unspecified atom stereocenters. The van der Waals surface area contributed by atoms with Crippen LogP contribution in [0.1, 0.15) is 77.2 Å². The van der Waals surface area contributed by atoms with E-state index in [4.69, 9.17) is 14.2 Å². The van der Waals surface area contributed by atoms with Crippen LogP contribution in [0, 0.1) is 20.8 Å². The summed E-state index contributed by atoms with van der Waals surface area (Å²) in [7, 11) is 1.62. The van der Waals surface area contributed by atoms with E-state index in [0.717, 1.165) is 63.4 Å². The van der Waals surface area contributed by atoms with Crippen LogP contribution in [0.3, 0.4) is 0 Å². The predicted molar refractivity (Wildman–Crippen MR) is 157 cm³/mol. The maximum absolute atomic E-state index is 13.7. The summed E-state index contributed by atoms with van der Waals surface area (Å²) in [4.78, 5) is 32.6. The van der Waals surface area contributed by atoms with Crippen LogP contribution in [0.2, 0.25) is 0 Å². The Labute approximate surface area is 241 Å². The zero-order valence-corrected chi connectivity index (χ0v) is 24.9. The van der Waals surface area contributed by atoms with Crippen molar-refractivity contribution in [3.63, 3.8) is 0 Å². The van der Waals surface area contributed by atoms with Crippen molar-refractivity contribution in [2.45, 2.75) is 72.5 Å². The number of hydrogen-bond donors (Lipinski definition) is 1. The number of carbonyl (C=O) groups is 2. The fourth-order valence-electron chi connectivity index (χ4n) is 5.97. The zero-order chi connectivity index (χ0) is 29.6. The van der Waals surface area contributed by atoms with Crippen LogP contribution >= 0.6 is 0 Å². The highest BCUT2D eigenvalue weighted by Crippen LogP contribution is 2.49. The van der Waals surface area contributed by atoms with Crippen molar-refractivity contribution >= 4 is 17.6 Å². The minimum Gasteiger partial charge on any atom is -0.493 e. The number of aromatic nitrogens is 1. The smallest absolute Gasteiger partial charge is 0.337 e. The van der Waals surface area contributed by atoms with E-state index in [2.05, 4.69) is 11.9 Å².